The molecule has 1 N–H and O–H groups in total. The number of benzene rings is 2. The van der Waals surface area contributed by atoms with Crippen LogP contribution in [0.3, 0.4) is 0 Å². The van der Waals surface area contributed by atoms with E-state index < -0.39 is 5.91 Å². The maximum Gasteiger partial charge on any atom is 0.278 e. The Labute approximate surface area is 161 Å². The van der Waals surface area contributed by atoms with Gasteiger partial charge in [0.25, 0.3) is 11.8 Å². The molecule has 0 saturated heterocycles. The molecule has 0 bridgehead atoms. The highest BCUT2D eigenvalue weighted by Crippen LogP contribution is 2.31. The topological polar surface area (TPSA) is 62.3 Å². The van der Waals surface area contributed by atoms with Gasteiger partial charge in [0.05, 0.1) is 12.1 Å². The Hall–Kier alpha value is -3.80. The second-order valence-electron chi connectivity index (χ2n) is 6.30. The molecule has 138 valence electrons. The maximum absolute atomic E-state index is 13.2. The highest BCUT2D eigenvalue weighted by Gasteiger charge is 2.39. The van der Waals surface area contributed by atoms with E-state index in [1.165, 1.54) is 29.2 Å². The Balaban J connectivity index is 1.73. The van der Waals surface area contributed by atoms with Gasteiger partial charge >= 0.3 is 0 Å². The predicted molar refractivity (Wildman–Crippen MR) is 103 cm³/mol. The zero-order valence-corrected chi connectivity index (χ0v) is 14.8. The van der Waals surface area contributed by atoms with E-state index in [-0.39, 0.29) is 24.0 Å². The monoisotopic (exact) mass is 373 g/mol. The van der Waals surface area contributed by atoms with Gasteiger partial charge in [-0.2, -0.15) is 0 Å². The van der Waals surface area contributed by atoms with Crippen LogP contribution in [-0.2, 0) is 16.1 Å². The number of amides is 2. The van der Waals surface area contributed by atoms with E-state index in [0.717, 1.165) is 5.56 Å². The zero-order chi connectivity index (χ0) is 19.5. The van der Waals surface area contributed by atoms with Crippen molar-refractivity contribution in [1.29, 1.82) is 0 Å². The van der Waals surface area contributed by atoms with Crippen molar-refractivity contribution in [1.82, 2.24) is 9.88 Å². The minimum absolute atomic E-state index is 0.144. The fourth-order valence-electron chi connectivity index (χ4n) is 3.06. The molecule has 1 aliphatic rings. The fraction of sp³-hybridized carbons (Fsp3) is 0.0455. The van der Waals surface area contributed by atoms with Crippen LogP contribution in [0.2, 0.25) is 0 Å². The quantitative estimate of drug-likeness (QED) is 0.694. The number of halogens is 1. The number of rotatable bonds is 5. The van der Waals surface area contributed by atoms with Crippen LogP contribution >= 0.6 is 0 Å². The van der Waals surface area contributed by atoms with Crippen molar-refractivity contribution in [2.75, 3.05) is 5.32 Å². The molecule has 0 radical (unpaired) electrons. The summed E-state index contributed by atoms with van der Waals surface area (Å²) in [5.74, 6) is -1.18. The molecule has 0 fully saturated rings. The molecule has 0 aliphatic carbocycles. The third kappa shape index (κ3) is 3.40. The molecule has 2 heterocycles. The van der Waals surface area contributed by atoms with E-state index in [2.05, 4.69) is 10.3 Å². The summed E-state index contributed by atoms with van der Waals surface area (Å²) in [4.78, 5) is 31.3. The van der Waals surface area contributed by atoms with E-state index in [4.69, 9.17) is 0 Å². The molecule has 2 aromatic carbocycles. The number of nitrogens with one attached hydrogen (secondary N) is 1. The van der Waals surface area contributed by atoms with Gasteiger partial charge in [-0.3, -0.25) is 19.5 Å². The molecule has 5 nitrogen and oxygen atoms in total. The molecular formula is C22H16FN3O2. The lowest BCUT2D eigenvalue weighted by Crippen LogP contribution is -2.32. The van der Waals surface area contributed by atoms with Gasteiger partial charge in [-0.05, 0) is 47.5 Å². The second kappa shape index (κ2) is 7.44. The van der Waals surface area contributed by atoms with Crippen molar-refractivity contribution < 1.29 is 14.0 Å². The summed E-state index contributed by atoms with van der Waals surface area (Å²) < 4.78 is 13.2. The zero-order valence-electron chi connectivity index (χ0n) is 14.8. The van der Waals surface area contributed by atoms with Crippen molar-refractivity contribution >= 4 is 23.1 Å². The molecule has 4 rings (SSSR count). The summed E-state index contributed by atoms with van der Waals surface area (Å²) in [5.41, 5.74) is 2.44. The SMILES string of the molecule is O=C1C(Nc2ccc(F)cc2)=C(c2ccccc2)C(=O)N1Cc1ccncc1. The van der Waals surface area contributed by atoms with Gasteiger partial charge in [-0.1, -0.05) is 30.3 Å². The summed E-state index contributed by atoms with van der Waals surface area (Å²) in [7, 11) is 0. The van der Waals surface area contributed by atoms with Crippen LogP contribution in [0.1, 0.15) is 11.1 Å². The molecule has 3 aromatic rings. The van der Waals surface area contributed by atoms with Crippen molar-refractivity contribution in [3.05, 3.63) is 102 Å². The van der Waals surface area contributed by atoms with Crippen LogP contribution in [-0.4, -0.2) is 21.7 Å². The predicted octanol–water partition coefficient (Wildman–Crippen LogP) is 3.61. The number of hydrogen-bond acceptors (Lipinski definition) is 4. The van der Waals surface area contributed by atoms with Gasteiger partial charge in [0.15, 0.2) is 0 Å². The molecule has 28 heavy (non-hydrogen) atoms. The van der Waals surface area contributed by atoms with Crippen LogP contribution in [0.25, 0.3) is 5.57 Å². The summed E-state index contributed by atoms with van der Waals surface area (Å²) in [6, 6.07) is 18.2. The Morgan fingerprint density at radius 2 is 1.54 bits per heavy atom. The number of nitrogens with zero attached hydrogens (tertiary/aromatic N) is 2. The van der Waals surface area contributed by atoms with E-state index in [1.807, 2.05) is 6.07 Å². The number of pyridine rings is 1. The molecule has 0 saturated carbocycles. The van der Waals surface area contributed by atoms with Crippen LogP contribution in [0.5, 0.6) is 0 Å². The highest BCUT2D eigenvalue weighted by atomic mass is 19.1. The first-order chi connectivity index (χ1) is 13.6. The van der Waals surface area contributed by atoms with E-state index in [9.17, 15) is 14.0 Å². The van der Waals surface area contributed by atoms with Crippen molar-refractivity contribution in [3.8, 4) is 0 Å². The minimum atomic E-state index is -0.426. The Bertz CT molecular complexity index is 1050. The van der Waals surface area contributed by atoms with Gasteiger partial charge in [0.1, 0.15) is 11.5 Å². The summed E-state index contributed by atoms with van der Waals surface area (Å²) in [5, 5.41) is 3.00. The van der Waals surface area contributed by atoms with Crippen LogP contribution in [0.4, 0.5) is 10.1 Å². The van der Waals surface area contributed by atoms with E-state index >= 15 is 0 Å². The van der Waals surface area contributed by atoms with E-state index in [0.29, 0.717) is 16.8 Å². The summed E-state index contributed by atoms with van der Waals surface area (Å²) in [6.45, 7) is 0.144. The standard InChI is InChI=1S/C22H16FN3O2/c23-17-6-8-18(9-7-17)25-20-19(16-4-2-1-3-5-16)21(27)26(22(20)28)14-15-10-12-24-13-11-15/h1-13,25H,14H2. The molecule has 6 heteroatoms. The van der Waals surface area contributed by atoms with Gasteiger partial charge in [-0.25, -0.2) is 4.39 Å². The van der Waals surface area contributed by atoms with E-state index in [1.54, 1.807) is 48.8 Å². The van der Waals surface area contributed by atoms with Gasteiger partial charge in [-0.15, -0.1) is 0 Å². The second-order valence-corrected chi connectivity index (χ2v) is 6.30. The molecule has 2 amide bonds. The van der Waals surface area contributed by atoms with Gasteiger partial charge in [0, 0.05) is 18.1 Å². The Kier molecular flexibility index (Phi) is 4.68. The molecule has 0 unspecified atom stereocenters. The number of anilines is 1. The smallest absolute Gasteiger partial charge is 0.278 e. The molecule has 1 aliphatic heterocycles. The third-order valence-electron chi connectivity index (χ3n) is 4.43. The first-order valence-electron chi connectivity index (χ1n) is 8.71. The lowest BCUT2D eigenvalue weighted by atomic mass is 10.0. The number of imide groups is 1. The Morgan fingerprint density at radius 3 is 2.21 bits per heavy atom. The number of hydrogen-bond donors (Lipinski definition) is 1. The minimum Gasteiger partial charge on any atom is -0.350 e. The van der Waals surface area contributed by atoms with Crippen molar-refractivity contribution in [3.63, 3.8) is 0 Å². The first kappa shape index (κ1) is 17.6. The number of carbonyl (C=O) groups is 2. The molecule has 1 aromatic heterocycles. The summed E-state index contributed by atoms with van der Waals surface area (Å²) >= 11 is 0. The molecule has 0 spiro atoms. The molecule has 0 atom stereocenters. The first-order valence-corrected chi connectivity index (χ1v) is 8.71. The third-order valence-corrected chi connectivity index (χ3v) is 4.43. The largest absolute Gasteiger partial charge is 0.350 e. The number of carbonyl (C=O) groups excluding carboxylic acids is 2. The molecular weight excluding hydrogens is 357 g/mol. The van der Waals surface area contributed by atoms with Gasteiger partial charge < -0.3 is 5.32 Å². The number of aromatic nitrogens is 1. The van der Waals surface area contributed by atoms with Crippen molar-refractivity contribution in [2.24, 2.45) is 0 Å². The fourth-order valence-corrected chi connectivity index (χ4v) is 3.06. The van der Waals surface area contributed by atoms with Crippen LogP contribution in [0.15, 0.2) is 84.8 Å². The summed E-state index contributed by atoms with van der Waals surface area (Å²) in [6.07, 6.45) is 3.23. The lowest BCUT2D eigenvalue weighted by Gasteiger charge is -2.15. The van der Waals surface area contributed by atoms with Gasteiger partial charge in [0.2, 0.25) is 0 Å². The average molecular weight is 373 g/mol. The van der Waals surface area contributed by atoms with Crippen LogP contribution in [0, 0.1) is 5.82 Å². The highest BCUT2D eigenvalue weighted by molar-refractivity contribution is 6.36. The van der Waals surface area contributed by atoms with Crippen molar-refractivity contribution in [2.45, 2.75) is 6.54 Å². The maximum atomic E-state index is 13.2. The Morgan fingerprint density at radius 1 is 0.857 bits per heavy atom. The lowest BCUT2D eigenvalue weighted by molar-refractivity contribution is -0.137. The van der Waals surface area contributed by atoms with Crippen LogP contribution < -0.4 is 5.32 Å². The average Bonchev–Trinajstić information content (AvgIpc) is 2.95. The normalized spacial score (nSPS) is 14.0.